The van der Waals surface area contributed by atoms with E-state index in [1.165, 1.54) is 16.7 Å². The first-order valence-electron chi connectivity index (χ1n) is 11.2. The van der Waals surface area contributed by atoms with Crippen LogP contribution in [0.4, 0.5) is 0 Å². The smallest absolute Gasteiger partial charge is 0.232 e. The molecule has 0 bridgehead atoms. The fraction of sp³-hybridized carbons (Fsp3) is 0.417. The summed E-state index contributed by atoms with van der Waals surface area (Å²) in [6, 6.07) is 5.63. The Bertz CT molecular complexity index is 1240. The van der Waals surface area contributed by atoms with Gasteiger partial charge in [0.25, 0.3) is 0 Å². The second-order valence-corrected chi connectivity index (χ2v) is 9.18. The average molecular weight is 517 g/mol. The standard InChI is InChI=1S/C24H29ClN6O3S/c1-6-31(7-2)8-9-34-19-10-16(17(25)11-18(19)33-5)22-21-15(12-26)13-27-23(21)29-24(28-22)35-14-20(32)30(3)4/h10-11,13H,6-9,14H2,1-5H3,(H,27,28,29). The van der Waals surface area contributed by atoms with Gasteiger partial charge >= 0.3 is 0 Å². The number of H-pyrrole nitrogens is 1. The summed E-state index contributed by atoms with van der Waals surface area (Å²) in [4.78, 5) is 28.1. The molecule has 35 heavy (non-hydrogen) atoms. The maximum Gasteiger partial charge on any atom is 0.232 e. The van der Waals surface area contributed by atoms with Crippen molar-refractivity contribution in [1.29, 1.82) is 5.26 Å². The summed E-state index contributed by atoms with van der Waals surface area (Å²) >= 11 is 7.88. The molecule has 0 aliphatic carbocycles. The van der Waals surface area contributed by atoms with Crippen LogP contribution in [0.1, 0.15) is 19.4 Å². The summed E-state index contributed by atoms with van der Waals surface area (Å²) in [5.41, 5.74) is 1.94. The lowest BCUT2D eigenvalue weighted by Gasteiger charge is -2.19. The first kappa shape index (κ1) is 26.6. The van der Waals surface area contributed by atoms with Crippen LogP contribution in [0.15, 0.2) is 23.5 Å². The molecular weight excluding hydrogens is 488 g/mol. The van der Waals surface area contributed by atoms with Crippen molar-refractivity contribution in [2.75, 3.05) is 53.2 Å². The number of ether oxygens (including phenoxy) is 2. The zero-order valence-electron chi connectivity index (χ0n) is 20.5. The lowest BCUT2D eigenvalue weighted by Crippen LogP contribution is -2.27. The first-order chi connectivity index (χ1) is 16.8. The van der Waals surface area contributed by atoms with Crippen molar-refractivity contribution in [2.24, 2.45) is 0 Å². The van der Waals surface area contributed by atoms with E-state index in [2.05, 4.69) is 34.8 Å². The monoisotopic (exact) mass is 516 g/mol. The van der Waals surface area contributed by atoms with Crippen LogP contribution in [0.25, 0.3) is 22.3 Å². The maximum absolute atomic E-state index is 12.1. The van der Waals surface area contributed by atoms with Gasteiger partial charge in [-0.15, -0.1) is 0 Å². The Labute approximate surface area is 214 Å². The third kappa shape index (κ3) is 6.17. The predicted octanol–water partition coefficient (Wildman–Crippen LogP) is 4.06. The van der Waals surface area contributed by atoms with Crippen LogP contribution in [-0.2, 0) is 4.79 Å². The lowest BCUT2D eigenvalue weighted by molar-refractivity contribution is -0.125. The van der Waals surface area contributed by atoms with E-state index in [0.29, 0.717) is 56.1 Å². The molecule has 0 fully saturated rings. The number of rotatable bonds is 11. The van der Waals surface area contributed by atoms with Crippen molar-refractivity contribution in [3.05, 3.63) is 28.9 Å². The van der Waals surface area contributed by atoms with E-state index in [9.17, 15) is 10.1 Å². The minimum absolute atomic E-state index is 0.0594. The largest absolute Gasteiger partial charge is 0.493 e. The van der Waals surface area contributed by atoms with Crippen LogP contribution in [-0.4, -0.2) is 83.9 Å². The van der Waals surface area contributed by atoms with E-state index in [1.807, 2.05) is 0 Å². The predicted molar refractivity (Wildman–Crippen MR) is 138 cm³/mol. The highest BCUT2D eigenvalue weighted by Gasteiger charge is 2.21. The van der Waals surface area contributed by atoms with Gasteiger partial charge < -0.3 is 24.3 Å². The number of halogens is 1. The highest BCUT2D eigenvalue weighted by atomic mass is 35.5. The minimum atomic E-state index is -0.0594. The molecule has 0 unspecified atom stereocenters. The molecule has 1 N–H and O–H groups in total. The normalized spacial score (nSPS) is 11.0. The fourth-order valence-electron chi connectivity index (χ4n) is 3.43. The number of fused-ring (bicyclic) bond motifs is 1. The molecule has 1 amide bonds. The fourth-order valence-corrected chi connectivity index (χ4v) is 4.49. The molecule has 9 nitrogen and oxygen atoms in total. The topological polar surface area (TPSA) is 107 Å². The van der Waals surface area contributed by atoms with E-state index < -0.39 is 0 Å². The Hall–Kier alpha value is -3.00. The summed E-state index contributed by atoms with van der Waals surface area (Å²) in [6.07, 6.45) is 1.58. The zero-order chi connectivity index (χ0) is 25.5. The van der Waals surface area contributed by atoms with Crippen LogP contribution >= 0.6 is 23.4 Å². The third-order valence-corrected chi connectivity index (χ3v) is 6.67. The molecule has 0 saturated carbocycles. The number of methoxy groups -OCH3 is 1. The van der Waals surface area contributed by atoms with Gasteiger partial charge in [0.1, 0.15) is 18.3 Å². The molecule has 3 aromatic rings. The SMILES string of the molecule is CCN(CC)CCOc1cc(-c2nc(SCC(=O)N(C)C)nc3[nH]cc(C#N)c23)c(Cl)cc1OC. The van der Waals surface area contributed by atoms with Gasteiger partial charge in [-0.05, 0) is 19.2 Å². The van der Waals surface area contributed by atoms with Gasteiger partial charge in [-0.1, -0.05) is 37.2 Å². The molecule has 186 valence electrons. The Morgan fingerprint density at radius 3 is 2.60 bits per heavy atom. The first-order valence-corrected chi connectivity index (χ1v) is 12.5. The maximum atomic E-state index is 12.1. The molecule has 0 spiro atoms. The molecule has 0 aliphatic heterocycles. The summed E-state index contributed by atoms with van der Waals surface area (Å²) in [7, 11) is 4.95. The number of likely N-dealkylation sites (N-methyl/N-ethyl adjacent to an activating group) is 1. The number of benzene rings is 1. The van der Waals surface area contributed by atoms with Crippen LogP contribution in [0.2, 0.25) is 5.02 Å². The summed E-state index contributed by atoms with van der Waals surface area (Å²) in [6.45, 7) is 7.32. The molecular formula is C24H29ClN6O3S. The molecule has 11 heteroatoms. The van der Waals surface area contributed by atoms with Crippen molar-refractivity contribution >= 4 is 40.3 Å². The van der Waals surface area contributed by atoms with Crippen molar-refractivity contribution in [3.63, 3.8) is 0 Å². The average Bonchev–Trinajstić information content (AvgIpc) is 3.28. The van der Waals surface area contributed by atoms with Crippen LogP contribution < -0.4 is 9.47 Å². The summed E-state index contributed by atoms with van der Waals surface area (Å²) in [5, 5.41) is 11.0. The van der Waals surface area contributed by atoms with Gasteiger partial charge in [-0.2, -0.15) is 5.26 Å². The number of carbonyl (C=O) groups is 1. The summed E-state index contributed by atoms with van der Waals surface area (Å²) < 4.78 is 11.6. The molecule has 2 heterocycles. The number of aromatic amines is 1. The van der Waals surface area contributed by atoms with Crippen LogP contribution in [0.5, 0.6) is 11.5 Å². The number of aromatic nitrogens is 3. The molecule has 0 saturated heterocycles. The van der Waals surface area contributed by atoms with Crippen LogP contribution in [0, 0.1) is 11.3 Å². The van der Waals surface area contributed by atoms with Crippen molar-refractivity contribution in [1.82, 2.24) is 24.8 Å². The van der Waals surface area contributed by atoms with E-state index in [-0.39, 0.29) is 11.7 Å². The number of amides is 1. The van der Waals surface area contributed by atoms with Crippen molar-refractivity contribution in [3.8, 4) is 28.8 Å². The Balaban J connectivity index is 2.06. The van der Waals surface area contributed by atoms with Gasteiger partial charge in [-0.25, -0.2) is 9.97 Å². The molecule has 3 rings (SSSR count). The third-order valence-electron chi connectivity index (χ3n) is 5.52. The molecule has 0 radical (unpaired) electrons. The van der Waals surface area contributed by atoms with Gasteiger partial charge in [0.15, 0.2) is 16.7 Å². The Morgan fingerprint density at radius 1 is 1.23 bits per heavy atom. The van der Waals surface area contributed by atoms with Crippen molar-refractivity contribution < 1.29 is 14.3 Å². The molecule has 0 aliphatic rings. The quantitative estimate of drug-likeness (QED) is 0.300. The van der Waals surface area contributed by atoms with Crippen molar-refractivity contribution in [2.45, 2.75) is 19.0 Å². The number of carbonyl (C=O) groups excluding carboxylic acids is 1. The van der Waals surface area contributed by atoms with E-state index in [4.69, 9.17) is 26.1 Å². The molecule has 0 atom stereocenters. The number of thioether (sulfide) groups is 1. The van der Waals surface area contributed by atoms with E-state index in [0.717, 1.165) is 19.6 Å². The van der Waals surface area contributed by atoms with Gasteiger partial charge in [0.2, 0.25) is 5.91 Å². The Kier molecular flexibility index (Phi) is 9.20. The number of hydrogen-bond donors (Lipinski definition) is 1. The second-order valence-electron chi connectivity index (χ2n) is 7.83. The minimum Gasteiger partial charge on any atom is -0.493 e. The lowest BCUT2D eigenvalue weighted by atomic mass is 10.1. The number of nitrogens with zero attached hydrogens (tertiary/aromatic N) is 5. The van der Waals surface area contributed by atoms with E-state index >= 15 is 0 Å². The van der Waals surface area contributed by atoms with Crippen LogP contribution in [0.3, 0.4) is 0 Å². The van der Waals surface area contributed by atoms with E-state index in [1.54, 1.807) is 39.5 Å². The number of hydrogen-bond acceptors (Lipinski definition) is 8. The highest BCUT2D eigenvalue weighted by Crippen LogP contribution is 2.41. The molecule has 1 aromatic carbocycles. The van der Waals surface area contributed by atoms with Gasteiger partial charge in [0, 0.05) is 38.5 Å². The van der Waals surface area contributed by atoms with Gasteiger partial charge in [-0.3, -0.25) is 4.79 Å². The number of nitriles is 1. The summed E-state index contributed by atoms with van der Waals surface area (Å²) in [5.74, 6) is 1.15. The zero-order valence-corrected chi connectivity index (χ0v) is 22.1. The van der Waals surface area contributed by atoms with Gasteiger partial charge in [0.05, 0.1) is 34.5 Å². The Morgan fingerprint density at radius 2 is 1.97 bits per heavy atom. The molecule has 2 aromatic heterocycles. The number of nitrogens with one attached hydrogen (secondary N) is 1. The highest BCUT2D eigenvalue weighted by molar-refractivity contribution is 7.99. The second kappa shape index (κ2) is 12.1.